The van der Waals surface area contributed by atoms with Crippen LogP contribution in [0.2, 0.25) is 0 Å². The lowest BCUT2D eigenvalue weighted by Gasteiger charge is -2.30. The molecule has 3 fully saturated rings. The van der Waals surface area contributed by atoms with Gasteiger partial charge in [0.1, 0.15) is 12.2 Å². The number of nitrogens with two attached hydrogens (primary N) is 1. The highest BCUT2D eigenvalue weighted by Crippen LogP contribution is 2.24. The summed E-state index contributed by atoms with van der Waals surface area (Å²) in [6.45, 7) is 11.3. The van der Waals surface area contributed by atoms with E-state index in [9.17, 15) is 41.4 Å². The van der Waals surface area contributed by atoms with Crippen LogP contribution in [0.25, 0.3) is 0 Å². The minimum absolute atomic E-state index is 0.0126. The molecule has 4 aromatic rings. The van der Waals surface area contributed by atoms with E-state index < -0.39 is 56.5 Å². The average molecular weight is 1140 g/mol. The van der Waals surface area contributed by atoms with Crippen molar-refractivity contribution in [3.63, 3.8) is 0 Å². The van der Waals surface area contributed by atoms with Gasteiger partial charge in [0, 0.05) is 50.4 Å². The topological polar surface area (TPSA) is 269 Å². The van der Waals surface area contributed by atoms with Gasteiger partial charge in [-0.2, -0.15) is 8.61 Å². The predicted molar refractivity (Wildman–Crippen MR) is 301 cm³/mol. The molecule has 20 nitrogen and oxygen atoms in total. The zero-order valence-corrected chi connectivity index (χ0v) is 47.5. The van der Waals surface area contributed by atoms with Gasteiger partial charge in [-0.1, -0.05) is 94.8 Å². The minimum atomic E-state index is -4.02. The zero-order chi connectivity index (χ0) is 57.0. The molecule has 3 heterocycles. The molecule has 0 bridgehead atoms. The number of ether oxygens (including phenoxy) is 4. The first-order valence-corrected chi connectivity index (χ1v) is 30.1. The Balaban J connectivity index is 0.000000262. The molecule has 22 heteroatoms. The second-order valence-corrected chi connectivity index (χ2v) is 25.1. The van der Waals surface area contributed by atoms with Gasteiger partial charge in [0.2, 0.25) is 26.0 Å². The molecule has 0 aromatic heterocycles. The summed E-state index contributed by atoms with van der Waals surface area (Å²) in [6, 6.07) is 29.2. The molecule has 3 aliphatic rings. The molecule has 6 atom stereocenters. The maximum Gasteiger partial charge on any atom is 0.407 e. The number of rotatable bonds is 25. The normalized spacial score (nSPS) is 18.6. The van der Waals surface area contributed by atoms with E-state index in [1.165, 1.54) is 51.4 Å². The summed E-state index contributed by atoms with van der Waals surface area (Å²) < 4.78 is 78.4. The fraction of sp³-hybridized carbons (Fsp3) is 0.526. The number of nitrogens with zero attached hydrogens (tertiary/aromatic N) is 3. The average Bonchev–Trinajstić information content (AvgIpc) is 4.15. The SMILES string of the molecule is CC(C)CN(C[C@@H](O)[C@H](Cc1ccccc1)NC(=O)O[C@H]1CCOC1)S(=O)(=O)c1ccc(N)cc1.CC(C)CN(C[C@@H](O)[C@H](Cc1ccccc1)NC(=O)O[C@H]1CCOC1)S(=O)(=O)c1ccc(NC(=O)CN2CCCCC2)cc1. The van der Waals surface area contributed by atoms with Crippen molar-refractivity contribution in [2.24, 2.45) is 11.8 Å². The van der Waals surface area contributed by atoms with Gasteiger partial charge < -0.3 is 50.8 Å². The van der Waals surface area contributed by atoms with E-state index in [1.807, 2.05) is 88.4 Å². The molecule has 4 aromatic carbocycles. The smallest absolute Gasteiger partial charge is 0.407 e. The Morgan fingerprint density at radius 3 is 1.43 bits per heavy atom. The number of aliphatic hydroxyl groups is 2. The van der Waals surface area contributed by atoms with E-state index in [1.54, 1.807) is 12.1 Å². The lowest BCUT2D eigenvalue weighted by molar-refractivity contribution is -0.117. The minimum Gasteiger partial charge on any atom is -0.444 e. The Bertz CT molecular complexity index is 2710. The van der Waals surface area contributed by atoms with Crippen LogP contribution in [-0.2, 0) is 56.6 Å². The van der Waals surface area contributed by atoms with E-state index >= 15 is 0 Å². The van der Waals surface area contributed by atoms with E-state index in [-0.39, 0.29) is 72.3 Å². The van der Waals surface area contributed by atoms with Crippen LogP contribution in [-0.4, -0.2) is 167 Å². The van der Waals surface area contributed by atoms with Gasteiger partial charge in [-0.15, -0.1) is 0 Å². The number of benzene rings is 4. The molecule has 0 aliphatic carbocycles. The van der Waals surface area contributed by atoms with Crippen molar-refractivity contribution < 1.29 is 60.4 Å². The van der Waals surface area contributed by atoms with Crippen LogP contribution in [0.15, 0.2) is 119 Å². The van der Waals surface area contributed by atoms with Crippen LogP contribution in [0.5, 0.6) is 0 Å². The van der Waals surface area contributed by atoms with Gasteiger partial charge >= 0.3 is 12.2 Å². The number of alkyl carbamates (subject to hydrolysis) is 2. The molecule has 0 unspecified atom stereocenters. The predicted octanol–water partition coefficient (Wildman–Crippen LogP) is 5.65. The molecule has 3 aliphatic heterocycles. The van der Waals surface area contributed by atoms with E-state index in [0.717, 1.165) is 37.1 Å². The van der Waals surface area contributed by atoms with Crippen molar-refractivity contribution in [2.45, 2.75) is 119 Å². The molecule has 79 heavy (non-hydrogen) atoms. The number of hydrogen-bond acceptors (Lipinski definition) is 15. The number of carbonyl (C=O) groups excluding carboxylic acids is 3. The molecule has 434 valence electrons. The standard InChI is InChI=1S/C32H46N4O7S.C25H35N3O6S/c1-24(2)20-36(44(40,41)28-13-11-26(12-14-28)33-31(38)22-35-16-7-4-8-17-35)21-30(37)29(19-25-9-5-3-6-10-25)34-32(39)43-27-15-18-42-23-27;1-18(2)15-28(35(31,32)22-10-8-20(26)9-11-22)16-24(29)23(14-19-6-4-3-5-7-19)27-25(30)34-21-12-13-33-17-21/h3,5-6,9-14,24,27,29-30,37H,4,7-8,15-23H2,1-2H3,(H,33,38)(H,34,39);3-11,18,21,23-24,29H,12-17,26H2,1-2H3,(H,27,30)/t27-,29-,30+;21-,23-,24+/m00/s1. The first-order valence-electron chi connectivity index (χ1n) is 27.3. The Labute approximate surface area is 466 Å². The quantitative estimate of drug-likeness (QED) is 0.0438. The summed E-state index contributed by atoms with van der Waals surface area (Å²) in [6.07, 6.45) is 0.675. The monoisotopic (exact) mass is 1140 g/mol. The second kappa shape index (κ2) is 30.8. The van der Waals surface area contributed by atoms with Crippen molar-refractivity contribution in [3.8, 4) is 0 Å². The lowest BCUT2D eigenvalue weighted by Crippen LogP contribution is -2.51. The number of nitrogen functional groups attached to an aromatic ring is 1. The first-order chi connectivity index (χ1) is 37.7. The maximum atomic E-state index is 13.8. The summed E-state index contributed by atoms with van der Waals surface area (Å²) in [4.78, 5) is 40.1. The van der Waals surface area contributed by atoms with Gasteiger partial charge in [0.25, 0.3) is 0 Å². The Morgan fingerprint density at radius 2 is 1.04 bits per heavy atom. The fourth-order valence-electron chi connectivity index (χ4n) is 9.38. The van der Waals surface area contributed by atoms with Crippen LogP contribution >= 0.6 is 0 Å². The van der Waals surface area contributed by atoms with Crippen LogP contribution in [0, 0.1) is 11.8 Å². The summed E-state index contributed by atoms with van der Waals surface area (Å²) in [5.74, 6) is -0.153. The fourth-order valence-corrected chi connectivity index (χ4v) is 12.6. The molecular weight excluding hydrogens is 1050 g/mol. The number of sulfonamides is 2. The lowest BCUT2D eigenvalue weighted by atomic mass is 10.0. The van der Waals surface area contributed by atoms with E-state index in [4.69, 9.17) is 24.7 Å². The van der Waals surface area contributed by atoms with Crippen molar-refractivity contribution in [1.82, 2.24) is 24.1 Å². The third-order valence-electron chi connectivity index (χ3n) is 13.5. The molecule has 0 spiro atoms. The van der Waals surface area contributed by atoms with Crippen molar-refractivity contribution in [3.05, 3.63) is 120 Å². The Morgan fingerprint density at radius 1 is 0.620 bits per heavy atom. The van der Waals surface area contributed by atoms with Crippen LogP contribution < -0.4 is 21.7 Å². The van der Waals surface area contributed by atoms with E-state index in [0.29, 0.717) is 63.6 Å². The Hall–Kier alpha value is -5.69. The zero-order valence-electron chi connectivity index (χ0n) is 45.9. The number of hydrogen-bond donors (Lipinski definition) is 6. The van der Waals surface area contributed by atoms with Gasteiger partial charge in [0.05, 0.1) is 67.1 Å². The molecule has 3 amide bonds. The maximum absolute atomic E-state index is 13.8. The summed E-state index contributed by atoms with van der Waals surface area (Å²) in [5, 5.41) is 31.0. The second-order valence-electron chi connectivity index (χ2n) is 21.2. The van der Waals surface area contributed by atoms with Gasteiger partial charge in [-0.3, -0.25) is 9.69 Å². The highest BCUT2D eigenvalue weighted by atomic mass is 32.2. The largest absolute Gasteiger partial charge is 0.444 e. The van der Waals surface area contributed by atoms with Crippen LogP contribution in [0.1, 0.15) is 70.9 Å². The molecule has 0 saturated carbocycles. The molecule has 0 radical (unpaired) electrons. The third-order valence-corrected chi connectivity index (χ3v) is 17.2. The number of nitrogens with one attached hydrogen (secondary N) is 3. The van der Waals surface area contributed by atoms with Gasteiger partial charge in [-0.25, -0.2) is 26.4 Å². The van der Waals surface area contributed by atoms with Crippen molar-refractivity contribution >= 4 is 49.5 Å². The number of piperidine rings is 1. The summed E-state index contributed by atoms with van der Waals surface area (Å²) >= 11 is 0. The highest BCUT2D eigenvalue weighted by Gasteiger charge is 2.34. The van der Waals surface area contributed by atoms with E-state index in [2.05, 4.69) is 20.9 Å². The number of aliphatic hydroxyl groups excluding tert-OH is 2. The first kappa shape index (κ1) is 62.5. The van der Waals surface area contributed by atoms with Crippen molar-refractivity contribution in [1.29, 1.82) is 0 Å². The number of likely N-dealkylation sites (tertiary alicyclic amines) is 1. The van der Waals surface area contributed by atoms with Crippen LogP contribution in [0.3, 0.4) is 0 Å². The number of anilines is 2. The number of carbonyl (C=O) groups is 3. The summed E-state index contributed by atoms with van der Waals surface area (Å²) in [7, 11) is -7.92. The Kier molecular flexibility index (Phi) is 24.3. The molecule has 3 saturated heterocycles. The van der Waals surface area contributed by atoms with Gasteiger partial charge in [-0.05, 0) is 110 Å². The number of amides is 3. The van der Waals surface area contributed by atoms with Gasteiger partial charge in [0.15, 0.2) is 0 Å². The highest BCUT2D eigenvalue weighted by molar-refractivity contribution is 7.89. The van der Waals surface area contributed by atoms with Crippen molar-refractivity contribution in [2.75, 3.05) is 83.3 Å². The third kappa shape index (κ3) is 20.4. The van der Waals surface area contributed by atoms with Crippen LogP contribution in [0.4, 0.5) is 21.0 Å². The molecule has 7 N–H and O–H groups in total. The molecule has 7 rings (SSSR count). The molecular formula is C57H81N7O13S2. The summed E-state index contributed by atoms with van der Waals surface area (Å²) in [5.41, 5.74) is 8.45.